The van der Waals surface area contributed by atoms with E-state index in [1.54, 1.807) is 23.1 Å². The summed E-state index contributed by atoms with van der Waals surface area (Å²) in [6.45, 7) is 3.07. The molecule has 2 amide bonds. The molecule has 1 N–H and O–H groups in total. The molecule has 1 aliphatic carbocycles. The van der Waals surface area contributed by atoms with Gasteiger partial charge in [0, 0.05) is 25.0 Å². The lowest BCUT2D eigenvalue weighted by Gasteiger charge is -2.31. The summed E-state index contributed by atoms with van der Waals surface area (Å²) in [6.07, 6.45) is 10.0. The van der Waals surface area contributed by atoms with Crippen LogP contribution in [0.25, 0.3) is 0 Å². The Morgan fingerprint density at radius 1 is 1.17 bits per heavy atom. The maximum atomic E-state index is 12.6. The van der Waals surface area contributed by atoms with Crippen molar-refractivity contribution < 1.29 is 14.3 Å². The molecule has 160 valence electrons. The molecule has 0 spiro atoms. The van der Waals surface area contributed by atoms with Crippen LogP contribution in [0.3, 0.4) is 0 Å². The number of carbonyl (C=O) groups is 2. The van der Waals surface area contributed by atoms with E-state index in [0.717, 1.165) is 31.2 Å². The van der Waals surface area contributed by atoms with Crippen molar-refractivity contribution in [3.05, 3.63) is 41.2 Å². The monoisotopic (exact) mass is 430 g/mol. The van der Waals surface area contributed by atoms with Gasteiger partial charge in [0.1, 0.15) is 5.75 Å². The third-order valence-electron chi connectivity index (χ3n) is 5.84. The molecule has 0 unspecified atom stereocenters. The Balaban J connectivity index is 1.30. The molecule has 2 heterocycles. The largest absolute Gasteiger partial charge is 0.489 e. The molecule has 8 heteroatoms. The average Bonchev–Trinajstić information content (AvgIpc) is 3.41. The molecule has 7 nitrogen and oxygen atoms in total. The minimum Gasteiger partial charge on any atom is -0.489 e. The minimum atomic E-state index is -0.649. The first-order valence-electron chi connectivity index (χ1n) is 10.6. The second-order valence-electron chi connectivity index (χ2n) is 8.14. The molecular formula is C22H27ClN4O3. The summed E-state index contributed by atoms with van der Waals surface area (Å²) in [5.74, 6) is -0.555. The Bertz CT molecular complexity index is 915. The van der Waals surface area contributed by atoms with Crippen molar-refractivity contribution in [2.45, 2.75) is 57.6 Å². The first-order chi connectivity index (χ1) is 14.5. The smallest absolute Gasteiger partial charge is 0.313 e. The lowest BCUT2D eigenvalue weighted by Crippen LogP contribution is -2.44. The van der Waals surface area contributed by atoms with Gasteiger partial charge in [0.15, 0.2) is 0 Å². The van der Waals surface area contributed by atoms with Gasteiger partial charge in [-0.3, -0.25) is 14.3 Å². The van der Waals surface area contributed by atoms with Gasteiger partial charge in [-0.25, -0.2) is 0 Å². The van der Waals surface area contributed by atoms with E-state index < -0.39 is 11.8 Å². The second-order valence-corrected chi connectivity index (χ2v) is 8.55. The fourth-order valence-corrected chi connectivity index (χ4v) is 4.38. The molecule has 0 radical (unpaired) electrons. The number of halogens is 1. The van der Waals surface area contributed by atoms with Gasteiger partial charge in [-0.15, -0.1) is 0 Å². The van der Waals surface area contributed by atoms with E-state index in [-0.39, 0.29) is 12.1 Å². The number of amides is 2. The predicted octanol–water partition coefficient (Wildman–Crippen LogP) is 3.97. The number of ether oxygens (including phenoxy) is 1. The summed E-state index contributed by atoms with van der Waals surface area (Å²) >= 11 is 6.32. The van der Waals surface area contributed by atoms with Gasteiger partial charge in [0.25, 0.3) is 0 Å². The molecule has 2 fully saturated rings. The Kier molecular flexibility index (Phi) is 6.27. The van der Waals surface area contributed by atoms with Crippen LogP contribution in [-0.2, 0) is 9.59 Å². The number of nitrogens with zero attached hydrogens (tertiary/aromatic N) is 3. The van der Waals surface area contributed by atoms with E-state index in [9.17, 15) is 9.59 Å². The number of aromatic nitrogens is 2. The number of rotatable bonds is 4. The second kappa shape index (κ2) is 9.08. The number of carbonyl (C=O) groups excluding carboxylic acids is 2. The van der Waals surface area contributed by atoms with Crippen molar-refractivity contribution in [2.24, 2.45) is 0 Å². The van der Waals surface area contributed by atoms with Gasteiger partial charge in [0.2, 0.25) is 0 Å². The summed E-state index contributed by atoms with van der Waals surface area (Å²) in [5.41, 5.74) is 1.60. The number of hydrogen-bond donors (Lipinski definition) is 1. The van der Waals surface area contributed by atoms with Crippen molar-refractivity contribution in [3.8, 4) is 5.75 Å². The summed E-state index contributed by atoms with van der Waals surface area (Å²) in [7, 11) is 0. The van der Waals surface area contributed by atoms with Crippen molar-refractivity contribution in [1.29, 1.82) is 0 Å². The zero-order valence-electron chi connectivity index (χ0n) is 17.1. The quantitative estimate of drug-likeness (QED) is 0.744. The van der Waals surface area contributed by atoms with Crippen molar-refractivity contribution >= 4 is 29.1 Å². The molecule has 4 rings (SSSR count). The molecule has 0 bridgehead atoms. The van der Waals surface area contributed by atoms with Gasteiger partial charge in [-0.05, 0) is 69.2 Å². The molecule has 2 aromatic rings. The number of hydrogen-bond acceptors (Lipinski definition) is 4. The molecule has 0 atom stereocenters. The molecular weight excluding hydrogens is 404 g/mol. The zero-order valence-corrected chi connectivity index (χ0v) is 17.9. The van der Waals surface area contributed by atoms with Gasteiger partial charge >= 0.3 is 11.8 Å². The normalized spacial score (nSPS) is 17.9. The summed E-state index contributed by atoms with van der Waals surface area (Å²) < 4.78 is 7.88. The van der Waals surface area contributed by atoms with E-state index in [4.69, 9.17) is 16.3 Å². The highest BCUT2D eigenvalue weighted by molar-refractivity contribution is 6.39. The van der Waals surface area contributed by atoms with E-state index in [2.05, 4.69) is 10.4 Å². The van der Waals surface area contributed by atoms with Gasteiger partial charge < -0.3 is 15.0 Å². The van der Waals surface area contributed by atoms with Crippen molar-refractivity contribution in [2.75, 3.05) is 18.4 Å². The van der Waals surface area contributed by atoms with Crippen LogP contribution in [0.5, 0.6) is 5.75 Å². The van der Waals surface area contributed by atoms with Crippen molar-refractivity contribution in [1.82, 2.24) is 14.7 Å². The first-order valence-corrected chi connectivity index (χ1v) is 10.9. The topological polar surface area (TPSA) is 76.5 Å². The van der Waals surface area contributed by atoms with Crippen LogP contribution in [0, 0.1) is 6.92 Å². The SMILES string of the molecule is Cc1cnn(C2CCN(C(=O)C(=O)Nc3ccc(OC4CCCC4)c(Cl)c3)CC2)c1. The Morgan fingerprint density at radius 3 is 2.53 bits per heavy atom. The third-order valence-corrected chi connectivity index (χ3v) is 6.13. The number of aryl methyl sites for hydroxylation is 1. The first kappa shape index (κ1) is 20.7. The molecule has 1 saturated carbocycles. The van der Waals surface area contributed by atoms with Crippen molar-refractivity contribution in [3.63, 3.8) is 0 Å². The van der Waals surface area contributed by atoms with Crippen LogP contribution in [0.1, 0.15) is 50.1 Å². The van der Waals surface area contributed by atoms with Crippen LogP contribution >= 0.6 is 11.6 Å². The third kappa shape index (κ3) is 4.78. The maximum absolute atomic E-state index is 12.6. The molecule has 1 aliphatic heterocycles. The number of nitrogens with one attached hydrogen (secondary N) is 1. The number of benzene rings is 1. The Hall–Kier alpha value is -2.54. The van der Waals surface area contributed by atoms with Crippen LogP contribution in [0.15, 0.2) is 30.6 Å². The Labute approximate surface area is 181 Å². The highest BCUT2D eigenvalue weighted by Crippen LogP contribution is 2.32. The molecule has 30 heavy (non-hydrogen) atoms. The lowest BCUT2D eigenvalue weighted by atomic mass is 10.1. The highest BCUT2D eigenvalue weighted by Gasteiger charge is 2.28. The molecule has 1 aromatic heterocycles. The molecule has 1 saturated heterocycles. The standard InChI is InChI=1S/C22H27ClN4O3/c1-15-13-24-27(14-15)17-8-10-26(11-9-17)22(29)21(28)25-16-6-7-20(19(23)12-16)30-18-4-2-3-5-18/h6-7,12-14,17-18H,2-5,8-11H2,1H3,(H,25,28). The molecule has 2 aliphatic rings. The highest BCUT2D eigenvalue weighted by atomic mass is 35.5. The van der Waals surface area contributed by atoms with Crippen LogP contribution in [0.4, 0.5) is 5.69 Å². The predicted molar refractivity (Wildman–Crippen MR) is 115 cm³/mol. The number of anilines is 1. The van der Waals surface area contributed by atoms with Crippen LogP contribution in [-0.4, -0.2) is 45.7 Å². The van der Waals surface area contributed by atoms with Gasteiger partial charge in [0.05, 0.1) is 23.4 Å². The summed E-state index contributed by atoms with van der Waals surface area (Å²) in [4.78, 5) is 26.6. The summed E-state index contributed by atoms with van der Waals surface area (Å²) in [6, 6.07) is 5.35. The van der Waals surface area contributed by atoms with E-state index >= 15 is 0 Å². The summed E-state index contributed by atoms with van der Waals surface area (Å²) in [5, 5.41) is 7.45. The fourth-order valence-electron chi connectivity index (χ4n) is 4.15. The van der Waals surface area contributed by atoms with E-state index in [0.29, 0.717) is 29.5 Å². The minimum absolute atomic E-state index is 0.207. The van der Waals surface area contributed by atoms with Gasteiger partial charge in [-0.2, -0.15) is 5.10 Å². The fraction of sp³-hybridized carbons (Fsp3) is 0.500. The average molecular weight is 431 g/mol. The van der Waals surface area contributed by atoms with E-state index in [1.807, 2.05) is 24.0 Å². The van der Waals surface area contributed by atoms with E-state index in [1.165, 1.54) is 12.8 Å². The van der Waals surface area contributed by atoms with Crippen LogP contribution < -0.4 is 10.1 Å². The Morgan fingerprint density at radius 2 is 1.90 bits per heavy atom. The molecule has 1 aromatic carbocycles. The zero-order chi connectivity index (χ0) is 21.1. The van der Waals surface area contributed by atoms with Gasteiger partial charge in [-0.1, -0.05) is 11.6 Å². The number of likely N-dealkylation sites (tertiary alicyclic amines) is 1. The lowest BCUT2D eigenvalue weighted by molar-refractivity contribution is -0.144. The number of piperidine rings is 1. The maximum Gasteiger partial charge on any atom is 0.313 e. The van der Waals surface area contributed by atoms with Crippen LogP contribution in [0.2, 0.25) is 5.02 Å².